The van der Waals surface area contributed by atoms with Gasteiger partial charge in [0.1, 0.15) is 5.82 Å². The third kappa shape index (κ3) is 3.42. The fourth-order valence-electron chi connectivity index (χ4n) is 2.18. The molecule has 0 aliphatic heterocycles. The molecule has 0 N–H and O–H groups in total. The molecule has 3 rings (SSSR count). The van der Waals surface area contributed by atoms with Crippen molar-refractivity contribution in [3.8, 4) is 0 Å². The summed E-state index contributed by atoms with van der Waals surface area (Å²) in [6.07, 6.45) is 5.01. The topological polar surface area (TPSA) is 17.8 Å². The fourth-order valence-corrected chi connectivity index (χ4v) is 3.00. The summed E-state index contributed by atoms with van der Waals surface area (Å²) in [5.41, 5.74) is 2.00. The van der Waals surface area contributed by atoms with Gasteiger partial charge < -0.3 is 4.57 Å². The van der Waals surface area contributed by atoms with E-state index in [9.17, 15) is 4.39 Å². The molecule has 3 aromatic rings. The largest absolute Gasteiger partial charge is 0.304 e. The van der Waals surface area contributed by atoms with Crippen LogP contribution in [0.3, 0.4) is 0 Å². The Balaban J connectivity index is 2.24. The first-order valence-electron chi connectivity index (χ1n) is 6.66. The normalized spacial score (nSPS) is 12.2. The number of aromatic nitrogens is 2. The summed E-state index contributed by atoms with van der Waals surface area (Å²) in [7, 11) is 0. The summed E-state index contributed by atoms with van der Waals surface area (Å²) in [5.74, 6) is -0.327. The second kappa shape index (κ2) is 6.75. The zero-order valence-corrected chi connectivity index (χ0v) is 13.9. The van der Waals surface area contributed by atoms with Crippen molar-refractivity contribution in [3.63, 3.8) is 0 Å². The molecule has 0 fully saturated rings. The molecule has 0 bridgehead atoms. The lowest BCUT2D eigenvalue weighted by Crippen LogP contribution is -2.00. The molecular formula is C17H10Cl3FN2. The molecule has 0 aliphatic rings. The van der Waals surface area contributed by atoms with Crippen LogP contribution in [0.4, 0.5) is 4.39 Å². The highest BCUT2D eigenvalue weighted by atomic mass is 35.5. The first-order valence-corrected chi connectivity index (χ1v) is 7.79. The highest BCUT2D eigenvalue weighted by Crippen LogP contribution is 2.35. The molecule has 0 unspecified atom stereocenters. The molecule has 23 heavy (non-hydrogen) atoms. The Labute approximate surface area is 147 Å². The van der Waals surface area contributed by atoms with Gasteiger partial charge in [0.25, 0.3) is 0 Å². The predicted molar refractivity (Wildman–Crippen MR) is 93.2 cm³/mol. The molecule has 0 aliphatic carbocycles. The van der Waals surface area contributed by atoms with Gasteiger partial charge >= 0.3 is 0 Å². The molecular weight excluding hydrogens is 358 g/mol. The lowest BCUT2D eigenvalue weighted by molar-refractivity contribution is 0.627. The lowest BCUT2D eigenvalue weighted by Gasteiger charge is -2.14. The minimum atomic E-state index is -0.327. The van der Waals surface area contributed by atoms with Crippen LogP contribution >= 0.6 is 34.8 Å². The highest BCUT2D eigenvalue weighted by Gasteiger charge is 2.15. The van der Waals surface area contributed by atoms with Crippen molar-refractivity contribution in [1.82, 2.24) is 9.55 Å². The number of hydrogen-bond donors (Lipinski definition) is 0. The maximum Gasteiger partial charge on any atom is 0.123 e. The van der Waals surface area contributed by atoms with Crippen LogP contribution < -0.4 is 0 Å². The number of benzene rings is 2. The van der Waals surface area contributed by atoms with Crippen LogP contribution in [0.15, 0.2) is 61.2 Å². The number of nitrogens with zero attached hydrogens (tertiary/aromatic N) is 2. The van der Waals surface area contributed by atoms with E-state index < -0.39 is 0 Å². The van der Waals surface area contributed by atoms with Crippen molar-refractivity contribution in [1.29, 1.82) is 0 Å². The van der Waals surface area contributed by atoms with Gasteiger partial charge in [0.2, 0.25) is 0 Å². The molecule has 1 aromatic heterocycles. The van der Waals surface area contributed by atoms with Gasteiger partial charge in [-0.1, -0.05) is 46.9 Å². The van der Waals surface area contributed by atoms with Gasteiger partial charge in [0, 0.05) is 23.0 Å². The summed E-state index contributed by atoms with van der Waals surface area (Å²) >= 11 is 18.9. The fraction of sp³-hybridized carbons (Fsp3) is 0. The third-order valence-corrected chi connectivity index (χ3v) is 4.20. The summed E-state index contributed by atoms with van der Waals surface area (Å²) in [6, 6.07) is 11.1. The van der Waals surface area contributed by atoms with E-state index in [1.165, 1.54) is 12.1 Å². The van der Waals surface area contributed by atoms with Crippen molar-refractivity contribution in [2.24, 2.45) is 0 Å². The molecule has 2 nitrogen and oxygen atoms in total. The molecule has 2 aromatic carbocycles. The summed E-state index contributed by atoms with van der Waals surface area (Å²) in [5, 5.41) is 1.41. The van der Waals surface area contributed by atoms with Crippen LogP contribution in [-0.2, 0) is 0 Å². The first kappa shape index (κ1) is 16.1. The van der Waals surface area contributed by atoms with Crippen LogP contribution in [0.25, 0.3) is 10.7 Å². The van der Waals surface area contributed by atoms with Crippen LogP contribution in [0.1, 0.15) is 11.1 Å². The van der Waals surface area contributed by atoms with Gasteiger partial charge in [-0.2, -0.15) is 0 Å². The Morgan fingerprint density at radius 3 is 2.39 bits per heavy atom. The third-order valence-electron chi connectivity index (χ3n) is 3.25. The average Bonchev–Trinajstić information content (AvgIpc) is 3.04. The number of hydrogen-bond acceptors (Lipinski definition) is 1. The number of rotatable bonds is 3. The van der Waals surface area contributed by atoms with Gasteiger partial charge in [-0.15, -0.1) is 0 Å². The Hall–Kier alpha value is -1.81. The number of imidazole rings is 1. The Kier molecular flexibility index (Phi) is 4.71. The van der Waals surface area contributed by atoms with E-state index in [0.717, 1.165) is 0 Å². The van der Waals surface area contributed by atoms with E-state index in [1.807, 2.05) is 0 Å². The maximum atomic E-state index is 13.1. The van der Waals surface area contributed by atoms with Crippen molar-refractivity contribution >= 4 is 45.5 Å². The van der Waals surface area contributed by atoms with E-state index in [2.05, 4.69) is 4.98 Å². The van der Waals surface area contributed by atoms with E-state index >= 15 is 0 Å². The SMILES string of the molecule is Fc1ccc(C(Cl)=C(c2ccc(Cl)cc2Cl)n2ccnc2)cc1. The smallest absolute Gasteiger partial charge is 0.123 e. The van der Waals surface area contributed by atoms with Crippen molar-refractivity contribution < 1.29 is 4.39 Å². The quantitative estimate of drug-likeness (QED) is 0.524. The second-order valence-electron chi connectivity index (χ2n) is 4.76. The molecule has 6 heteroatoms. The van der Waals surface area contributed by atoms with Gasteiger partial charge in [-0.25, -0.2) is 9.37 Å². The monoisotopic (exact) mass is 366 g/mol. The molecule has 1 heterocycles. The molecule has 0 saturated carbocycles. The molecule has 0 radical (unpaired) electrons. The minimum absolute atomic E-state index is 0.327. The summed E-state index contributed by atoms with van der Waals surface area (Å²) in [4.78, 5) is 4.05. The van der Waals surface area contributed by atoms with Gasteiger partial charge in [0.15, 0.2) is 0 Å². The van der Waals surface area contributed by atoms with Gasteiger partial charge in [-0.3, -0.25) is 0 Å². The molecule has 0 atom stereocenters. The second-order valence-corrected chi connectivity index (χ2v) is 5.99. The standard InChI is InChI=1S/C17H10Cl3FN2/c18-12-3-6-14(15(19)9-12)17(23-8-7-22-10-23)16(20)11-1-4-13(21)5-2-11/h1-10H. The number of halogens is 4. The summed E-state index contributed by atoms with van der Waals surface area (Å²) in [6.45, 7) is 0. The zero-order chi connectivity index (χ0) is 16.4. The van der Waals surface area contributed by atoms with Crippen LogP contribution in [0.2, 0.25) is 10.0 Å². The molecule has 0 spiro atoms. The predicted octanol–water partition coefficient (Wildman–Crippen LogP) is 5.94. The molecule has 116 valence electrons. The minimum Gasteiger partial charge on any atom is -0.304 e. The van der Waals surface area contributed by atoms with Crippen molar-refractivity contribution in [3.05, 3.63) is 88.2 Å². The Morgan fingerprint density at radius 1 is 1.04 bits per heavy atom. The van der Waals surface area contributed by atoms with Crippen LogP contribution in [0, 0.1) is 5.82 Å². The van der Waals surface area contributed by atoms with Crippen LogP contribution in [-0.4, -0.2) is 9.55 Å². The van der Waals surface area contributed by atoms with E-state index in [0.29, 0.717) is 31.9 Å². The highest BCUT2D eigenvalue weighted by molar-refractivity contribution is 6.53. The zero-order valence-electron chi connectivity index (χ0n) is 11.7. The summed E-state index contributed by atoms with van der Waals surface area (Å²) < 4.78 is 14.9. The average molecular weight is 368 g/mol. The van der Waals surface area contributed by atoms with Gasteiger partial charge in [0.05, 0.1) is 22.1 Å². The van der Waals surface area contributed by atoms with E-state index in [1.54, 1.807) is 53.6 Å². The van der Waals surface area contributed by atoms with Crippen LogP contribution in [0.5, 0.6) is 0 Å². The molecule has 0 saturated heterocycles. The Morgan fingerprint density at radius 2 is 1.78 bits per heavy atom. The van der Waals surface area contributed by atoms with E-state index in [4.69, 9.17) is 34.8 Å². The lowest BCUT2D eigenvalue weighted by atomic mass is 10.1. The van der Waals surface area contributed by atoms with Crippen molar-refractivity contribution in [2.75, 3.05) is 0 Å². The Bertz CT molecular complexity index is 856. The molecule has 0 amide bonds. The first-order chi connectivity index (χ1) is 11.1. The maximum absolute atomic E-state index is 13.1. The van der Waals surface area contributed by atoms with Gasteiger partial charge in [-0.05, 0) is 35.9 Å². The van der Waals surface area contributed by atoms with Crippen molar-refractivity contribution in [2.45, 2.75) is 0 Å². The van der Waals surface area contributed by atoms with E-state index in [-0.39, 0.29) is 5.82 Å².